The van der Waals surface area contributed by atoms with Crippen molar-refractivity contribution in [2.45, 2.75) is 6.92 Å². The van der Waals surface area contributed by atoms with Crippen LogP contribution in [-0.4, -0.2) is 15.9 Å². The van der Waals surface area contributed by atoms with Gasteiger partial charge in [0, 0.05) is 18.5 Å². The molecule has 0 aromatic carbocycles. The van der Waals surface area contributed by atoms with Crippen LogP contribution in [0.4, 0.5) is 0 Å². The van der Waals surface area contributed by atoms with E-state index in [1.54, 1.807) is 24.5 Å². The predicted molar refractivity (Wildman–Crippen MR) is 69.0 cm³/mol. The van der Waals surface area contributed by atoms with Gasteiger partial charge >= 0.3 is 5.63 Å². The van der Waals surface area contributed by atoms with Gasteiger partial charge in [-0.2, -0.15) is 0 Å². The Labute approximate surface area is 108 Å². The molecule has 5 nitrogen and oxygen atoms in total. The second-order valence-corrected chi connectivity index (χ2v) is 3.89. The van der Waals surface area contributed by atoms with Crippen LogP contribution >= 0.6 is 0 Å². The number of carbonyl (C=O) groups is 1. The molecule has 2 rings (SSSR count). The van der Waals surface area contributed by atoms with Crippen molar-refractivity contribution in [3.05, 3.63) is 64.0 Å². The van der Waals surface area contributed by atoms with E-state index in [2.05, 4.69) is 4.98 Å². The van der Waals surface area contributed by atoms with Crippen molar-refractivity contribution in [2.24, 2.45) is 0 Å². The quantitative estimate of drug-likeness (QED) is 0.671. The van der Waals surface area contributed by atoms with E-state index in [0.717, 1.165) is 0 Å². The Hall–Kier alpha value is -2.69. The number of aromatic hydroxyl groups is 1. The second kappa shape index (κ2) is 5.30. The van der Waals surface area contributed by atoms with E-state index in [9.17, 15) is 14.7 Å². The van der Waals surface area contributed by atoms with Gasteiger partial charge in [0.2, 0.25) is 0 Å². The van der Waals surface area contributed by atoms with E-state index in [1.807, 2.05) is 0 Å². The SMILES string of the molecule is Cc1cc(O)c(C(=O)C=Cc2cccnc2)c(=O)o1. The van der Waals surface area contributed by atoms with Gasteiger partial charge in [0.25, 0.3) is 0 Å². The van der Waals surface area contributed by atoms with E-state index in [1.165, 1.54) is 25.1 Å². The van der Waals surface area contributed by atoms with Crippen LogP contribution in [0, 0.1) is 6.92 Å². The molecular formula is C14H11NO4. The fourth-order valence-corrected chi connectivity index (χ4v) is 1.55. The number of nitrogens with zero attached hydrogens (tertiary/aromatic N) is 1. The molecule has 0 aliphatic heterocycles. The van der Waals surface area contributed by atoms with Gasteiger partial charge in [-0.3, -0.25) is 9.78 Å². The summed E-state index contributed by atoms with van der Waals surface area (Å²) < 4.78 is 4.78. The van der Waals surface area contributed by atoms with Crippen molar-refractivity contribution in [3.8, 4) is 5.75 Å². The molecule has 0 spiro atoms. The molecule has 0 fully saturated rings. The van der Waals surface area contributed by atoms with Crippen LogP contribution in [0.25, 0.3) is 6.08 Å². The molecule has 19 heavy (non-hydrogen) atoms. The summed E-state index contributed by atoms with van der Waals surface area (Å²) in [5.41, 5.74) is -0.504. The van der Waals surface area contributed by atoms with Crippen LogP contribution in [0.15, 0.2) is 45.9 Å². The third kappa shape index (κ3) is 2.95. The summed E-state index contributed by atoms with van der Waals surface area (Å²) in [5.74, 6) is -0.750. The average Bonchev–Trinajstić information content (AvgIpc) is 2.36. The summed E-state index contributed by atoms with van der Waals surface area (Å²) in [6, 6.07) is 4.71. The molecule has 0 atom stereocenters. The first kappa shape index (κ1) is 12.8. The van der Waals surface area contributed by atoms with Crippen molar-refractivity contribution in [1.82, 2.24) is 4.98 Å². The first-order valence-electron chi connectivity index (χ1n) is 5.54. The highest BCUT2D eigenvalue weighted by atomic mass is 16.4. The molecule has 0 radical (unpaired) electrons. The first-order valence-corrected chi connectivity index (χ1v) is 5.54. The standard InChI is InChI=1S/C14H11NO4/c1-9-7-12(17)13(14(18)19-9)11(16)5-4-10-3-2-6-15-8-10/h2-8,17H,1H3. The molecule has 5 heteroatoms. The molecule has 0 bridgehead atoms. The number of ketones is 1. The number of pyridine rings is 1. The van der Waals surface area contributed by atoms with Gasteiger partial charge in [0.15, 0.2) is 5.78 Å². The van der Waals surface area contributed by atoms with E-state index in [-0.39, 0.29) is 17.1 Å². The monoisotopic (exact) mass is 257 g/mol. The molecule has 0 aliphatic rings. The summed E-state index contributed by atoms with van der Waals surface area (Å²) in [7, 11) is 0. The first-order chi connectivity index (χ1) is 9.08. The van der Waals surface area contributed by atoms with Gasteiger partial charge in [-0.25, -0.2) is 4.79 Å². The molecule has 2 aromatic rings. The van der Waals surface area contributed by atoms with Gasteiger partial charge in [-0.05, 0) is 30.7 Å². The maximum atomic E-state index is 11.8. The van der Waals surface area contributed by atoms with Crippen LogP contribution in [-0.2, 0) is 0 Å². The van der Waals surface area contributed by atoms with Crippen molar-refractivity contribution >= 4 is 11.9 Å². The average molecular weight is 257 g/mol. The van der Waals surface area contributed by atoms with Gasteiger partial charge in [0.1, 0.15) is 17.1 Å². The molecule has 0 aliphatic carbocycles. The van der Waals surface area contributed by atoms with Crippen LogP contribution in [0.3, 0.4) is 0 Å². The highest BCUT2D eigenvalue weighted by molar-refractivity contribution is 6.08. The zero-order valence-corrected chi connectivity index (χ0v) is 10.2. The Morgan fingerprint density at radius 2 is 2.26 bits per heavy atom. The van der Waals surface area contributed by atoms with Crippen molar-refractivity contribution < 1.29 is 14.3 Å². The normalized spacial score (nSPS) is 10.8. The second-order valence-electron chi connectivity index (χ2n) is 3.89. The maximum absolute atomic E-state index is 11.8. The lowest BCUT2D eigenvalue weighted by molar-refractivity contribution is 0.104. The summed E-state index contributed by atoms with van der Waals surface area (Å²) in [6.45, 7) is 1.51. The van der Waals surface area contributed by atoms with Crippen molar-refractivity contribution in [3.63, 3.8) is 0 Å². The Balaban J connectivity index is 2.31. The van der Waals surface area contributed by atoms with E-state index in [4.69, 9.17) is 4.42 Å². The molecule has 2 aromatic heterocycles. The number of carbonyl (C=O) groups excluding carboxylic acids is 1. The molecule has 0 unspecified atom stereocenters. The minimum Gasteiger partial charge on any atom is -0.507 e. The lowest BCUT2D eigenvalue weighted by Gasteiger charge is -1.99. The minimum atomic E-state index is -0.849. The Kier molecular flexibility index (Phi) is 3.56. The highest BCUT2D eigenvalue weighted by Gasteiger charge is 2.15. The zero-order chi connectivity index (χ0) is 13.8. The van der Waals surface area contributed by atoms with Crippen LogP contribution in [0.2, 0.25) is 0 Å². The van der Waals surface area contributed by atoms with Crippen molar-refractivity contribution in [1.29, 1.82) is 0 Å². The molecule has 1 N–H and O–H groups in total. The van der Waals surface area contributed by atoms with E-state index in [0.29, 0.717) is 5.56 Å². The van der Waals surface area contributed by atoms with Gasteiger partial charge in [0.05, 0.1) is 0 Å². The molecular weight excluding hydrogens is 246 g/mol. The summed E-state index contributed by atoms with van der Waals surface area (Å²) in [4.78, 5) is 27.3. The number of rotatable bonds is 3. The Bertz CT molecular complexity index is 686. The predicted octanol–water partition coefficient (Wildman–Crippen LogP) is 1.94. The number of allylic oxidation sites excluding steroid dienone is 1. The van der Waals surface area contributed by atoms with Crippen LogP contribution < -0.4 is 5.63 Å². The Morgan fingerprint density at radius 1 is 1.47 bits per heavy atom. The molecule has 0 saturated carbocycles. The largest absolute Gasteiger partial charge is 0.507 e. The van der Waals surface area contributed by atoms with Crippen LogP contribution in [0.5, 0.6) is 5.75 Å². The maximum Gasteiger partial charge on any atom is 0.351 e. The topological polar surface area (TPSA) is 80.4 Å². The van der Waals surface area contributed by atoms with Crippen molar-refractivity contribution in [2.75, 3.05) is 0 Å². The third-order valence-electron chi connectivity index (χ3n) is 2.41. The molecule has 96 valence electrons. The Morgan fingerprint density at radius 3 is 2.89 bits per heavy atom. The zero-order valence-electron chi connectivity index (χ0n) is 10.2. The minimum absolute atomic E-state index is 0.246. The lowest BCUT2D eigenvalue weighted by Crippen LogP contribution is -2.12. The number of aromatic nitrogens is 1. The van der Waals surface area contributed by atoms with E-state index >= 15 is 0 Å². The fraction of sp³-hybridized carbons (Fsp3) is 0.0714. The summed E-state index contributed by atoms with van der Waals surface area (Å²) in [6.07, 6.45) is 5.88. The summed E-state index contributed by atoms with van der Waals surface area (Å²) >= 11 is 0. The van der Waals surface area contributed by atoms with E-state index < -0.39 is 11.4 Å². The smallest absolute Gasteiger partial charge is 0.351 e. The molecule has 0 saturated heterocycles. The third-order valence-corrected chi connectivity index (χ3v) is 2.41. The number of hydrogen-bond acceptors (Lipinski definition) is 5. The lowest BCUT2D eigenvalue weighted by atomic mass is 10.1. The number of aryl methyl sites for hydroxylation is 1. The molecule has 0 amide bonds. The van der Waals surface area contributed by atoms with Crippen LogP contribution in [0.1, 0.15) is 21.7 Å². The van der Waals surface area contributed by atoms with Gasteiger partial charge in [-0.15, -0.1) is 0 Å². The number of hydrogen-bond donors (Lipinski definition) is 1. The highest BCUT2D eigenvalue weighted by Crippen LogP contribution is 2.15. The van der Waals surface area contributed by atoms with Gasteiger partial charge < -0.3 is 9.52 Å². The fourth-order valence-electron chi connectivity index (χ4n) is 1.55. The summed E-state index contributed by atoms with van der Waals surface area (Å²) in [5, 5.41) is 9.61. The van der Waals surface area contributed by atoms with Gasteiger partial charge in [-0.1, -0.05) is 6.07 Å². The molecule has 2 heterocycles.